The molecule has 186 valence electrons. The van der Waals surface area contributed by atoms with Crippen LogP contribution in [-0.2, 0) is 16.9 Å². The van der Waals surface area contributed by atoms with Crippen molar-refractivity contribution in [3.05, 3.63) is 97.8 Å². The van der Waals surface area contributed by atoms with Crippen molar-refractivity contribution in [3.8, 4) is 11.5 Å². The molecule has 3 atom stereocenters. The molecule has 0 radical (unpaired) electrons. The Labute approximate surface area is 215 Å². The lowest BCUT2D eigenvalue weighted by Gasteiger charge is -2.30. The van der Waals surface area contributed by atoms with Crippen LogP contribution in [0.4, 0.5) is 10.1 Å². The number of likely N-dealkylation sites (tertiary alicyclic amines) is 1. The summed E-state index contributed by atoms with van der Waals surface area (Å²) in [4.78, 5) is 27.2. The summed E-state index contributed by atoms with van der Waals surface area (Å²) in [5.74, 6) is -0.712. The predicted octanol–water partition coefficient (Wildman–Crippen LogP) is 4.70. The Morgan fingerprint density at radius 2 is 1.94 bits per heavy atom. The van der Waals surface area contributed by atoms with Crippen LogP contribution in [-0.4, -0.2) is 42.5 Å². The van der Waals surface area contributed by atoms with Crippen LogP contribution < -0.4 is 14.8 Å². The van der Waals surface area contributed by atoms with Crippen molar-refractivity contribution < 1.29 is 23.6 Å². The summed E-state index contributed by atoms with van der Waals surface area (Å²) in [5.41, 5.74) is 0.744. The van der Waals surface area contributed by atoms with Gasteiger partial charge in [0.2, 0.25) is 0 Å². The minimum atomic E-state index is -1.44. The van der Waals surface area contributed by atoms with Crippen molar-refractivity contribution in [2.45, 2.75) is 24.1 Å². The van der Waals surface area contributed by atoms with Crippen LogP contribution in [0.2, 0.25) is 0 Å². The smallest absolute Gasteiger partial charge is 0.256 e. The highest BCUT2D eigenvalue weighted by Gasteiger charge is 2.68. The van der Waals surface area contributed by atoms with Crippen LogP contribution in [0.25, 0.3) is 0 Å². The van der Waals surface area contributed by atoms with Gasteiger partial charge in [0.05, 0.1) is 17.5 Å². The standard InChI is InChI=1S/C26H23BrFN3O5/c1-30-13-17(24(31(33)34)26(30)18-8-4-6-10-21(18)29-25(26)32)16-11-19(27)23(22(12-16)35-2)36-14-15-7-3-5-9-20(15)28/h3-12,17,24H,13-14H2,1-2H3,(H,29,32)/t17-,24+,26+/m0/s1. The van der Waals surface area contributed by atoms with E-state index in [1.165, 1.54) is 13.2 Å². The zero-order chi connectivity index (χ0) is 25.6. The van der Waals surface area contributed by atoms with Gasteiger partial charge in [-0.3, -0.25) is 19.8 Å². The SMILES string of the molecule is COc1cc([C@@H]2CN(C)[C@@]3(C(=O)Nc4ccccc43)[C@@H]2[N+](=O)[O-])cc(Br)c1OCc1ccccc1F. The van der Waals surface area contributed by atoms with Gasteiger partial charge < -0.3 is 14.8 Å². The van der Waals surface area contributed by atoms with Crippen molar-refractivity contribution in [3.63, 3.8) is 0 Å². The molecule has 1 amide bonds. The molecule has 0 aromatic heterocycles. The third kappa shape index (κ3) is 3.63. The summed E-state index contributed by atoms with van der Waals surface area (Å²) >= 11 is 3.50. The van der Waals surface area contributed by atoms with Crippen molar-refractivity contribution in [1.29, 1.82) is 0 Å². The molecule has 10 heteroatoms. The molecule has 1 N–H and O–H groups in total. The fourth-order valence-corrected chi connectivity index (χ4v) is 6.01. The number of ether oxygens (including phenoxy) is 2. The molecular formula is C26H23BrFN3O5. The quantitative estimate of drug-likeness (QED) is 0.350. The molecule has 0 bridgehead atoms. The number of amides is 1. The van der Waals surface area contributed by atoms with Gasteiger partial charge in [-0.25, -0.2) is 4.39 Å². The van der Waals surface area contributed by atoms with Gasteiger partial charge in [-0.2, -0.15) is 0 Å². The van der Waals surface area contributed by atoms with Crippen LogP contribution in [0.5, 0.6) is 11.5 Å². The Kier molecular flexibility index (Phi) is 6.17. The molecule has 3 aromatic carbocycles. The Morgan fingerprint density at radius 1 is 1.22 bits per heavy atom. The first kappa shape index (κ1) is 24.2. The van der Waals surface area contributed by atoms with Crippen LogP contribution in [0.1, 0.15) is 22.6 Å². The summed E-state index contributed by atoms with van der Waals surface area (Å²) in [6.45, 7) is 0.253. The zero-order valence-corrected chi connectivity index (χ0v) is 21.1. The molecule has 2 aliphatic rings. The van der Waals surface area contributed by atoms with Gasteiger partial charge in [-0.15, -0.1) is 0 Å². The van der Waals surface area contributed by atoms with E-state index in [0.29, 0.717) is 38.3 Å². The van der Waals surface area contributed by atoms with Crippen molar-refractivity contribution in [2.75, 3.05) is 26.0 Å². The lowest BCUT2D eigenvalue weighted by Crippen LogP contribution is -2.54. The molecule has 0 saturated carbocycles. The summed E-state index contributed by atoms with van der Waals surface area (Å²) in [6, 6.07) is 15.6. The van der Waals surface area contributed by atoms with Gasteiger partial charge in [-0.05, 0) is 52.8 Å². The third-order valence-electron chi connectivity index (χ3n) is 7.05. The second kappa shape index (κ2) is 9.18. The molecular weight excluding hydrogens is 533 g/mol. The topological polar surface area (TPSA) is 93.9 Å². The Hall–Kier alpha value is -3.50. The molecule has 0 aliphatic carbocycles. The molecule has 1 spiro atoms. The number of benzene rings is 3. The predicted molar refractivity (Wildman–Crippen MR) is 134 cm³/mol. The van der Waals surface area contributed by atoms with E-state index in [2.05, 4.69) is 21.2 Å². The summed E-state index contributed by atoms with van der Waals surface area (Å²) in [5, 5.41) is 15.4. The number of rotatable bonds is 6. The first-order chi connectivity index (χ1) is 17.3. The number of carbonyl (C=O) groups is 1. The summed E-state index contributed by atoms with van der Waals surface area (Å²) in [7, 11) is 3.20. The van der Waals surface area contributed by atoms with Crippen molar-refractivity contribution >= 4 is 27.5 Å². The number of fused-ring (bicyclic) bond motifs is 2. The molecule has 2 heterocycles. The number of hydrogen-bond acceptors (Lipinski definition) is 6. The van der Waals surface area contributed by atoms with Gasteiger partial charge in [0, 0.05) is 28.3 Å². The molecule has 36 heavy (non-hydrogen) atoms. The number of likely N-dealkylation sites (N-methyl/N-ethyl adjacent to an activating group) is 1. The average molecular weight is 556 g/mol. The van der Waals surface area contributed by atoms with Gasteiger partial charge >= 0.3 is 0 Å². The molecule has 0 unspecified atom stereocenters. The van der Waals surface area contributed by atoms with E-state index in [9.17, 15) is 19.3 Å². The number of methoxy groups -OCH3 is 1. The fourth-order valence-electron chi connectivity index (χ4n) is 5.44. The average Bonchev–Trinajstić information content (AvgIpc) is 3.33. The van der Waals surface area contributed by atoms with E-state index in [1.807, 2.05) is 0 Å². The molecule has 3 aromatic rings. The van der Waals surface area contributed by atoms with Crippen LogP contribution in [0.15, 0.2) is 65.1 Å². The number of para-hydroxylation sites is 1. The second-order valence-corrected chi connectivity index (χ2v) is 9.75. The van der Waals surface area contributed by atoms with E-state index < -0.39 is 23.4 Å². The van der Waals surface area contributed by atoms with E-state index in [-0.39, 0.29) is 23.9 Å². The normalized spacial score (nSPS) is 22.9. The molecule has 1 saturated heterocycles. The molecule has 8 nitrogen and oxygen atoms in total. The van der Waals surface area contributed by atoms with E-state index in [1.54, 1.807) is 66.5 Å². The number of halogens is 2. The number of nitro groups is 1. The van der Waals surface area contributed by atoms with E-state index in [0.717, 1.165) is 0 Å². The number of anilines is 1. The van der Waals surface area contributed by atoms with E-state index >= 15 is 0 Å². The van der Waals surface area contributed by atoms with Crippen LogP contribution in [0, 0.1) is 15.9 Å². The first-order valence-electron chi connectivity index (χ1n) is 11.3. The maximum absolute atomic E-state index is 14.1. The van der Waals surface area contributed by atoms with Crippen molar-refractivity contribution in [2.24, 2.45) is 0 Å². The highest BCUT2D eigenvalue weighted by Crippen LogP contribution is 2.53. The van der Waals surface area contributed by atoms with E-state index in [4.69, 9.17) is 9.47 Å². The van der Waals surface area contributed by atoms with Crippen LogP contribution in [0.3, 0.4) is 0 Å². The minimum absolute atomic E-state index is 0.0231. The highest BCUT2D eigenvalue weighted by atomic mass is 79.9. The molecule has 5 rings (SSSR count). The monoisotopic (exact) mass is 555 g/mol. The first-order valence-corrected chi connectivity index (χ1v) is 12.1. The van der Waals surface area contributed by atoms with Crippen molar-refractivity contribution in [1.82, 2.24) is 4.90 Å². The summed E-state index contributed by atoms with van der Waals surface area (Å²) < 4.78 is 26.0. The Bertz CT molecular complexity index is 1370. The van der Waals surface area contributed by atoms with Gasteiger partial charge in [-0.1, -0.05) is 36.4 Å². The number of nitrogens with zero attached hydrogens (tertiary/aromatic N) is 2. The summed E-state index contributed by atoms with van der Waals surface area (Å²) in [6.07, 6.45) is 0. The van der Waals surface area contributed by atoms with Gasteiger partial charge in [0.1, 0.15) is 12.4 Å². The van der Waals surface area contributed by atoms with Gasteiger partial charge in [0.15, 0.2) is 17.0 Å². The molecule has 2 aliphatic heterocycles. The second-order valence-electron chi connectivity index (χ2n) is 8.90. The number of nitrogens with one attached hydrogen (secondary N) is 1. The number of carbonyl (C=O) groups excluding carboxylic acids is 1. The Morgan fingerprint density at radius 3 is 2.67 bits per heavy atom. The maximum Gasteiger partial charge on any atom is 0.256 e. The highest BCUT2D eigenvalue weighted by molar-refractivity contribution is 9.10. The Balaban J connectivity index is 1.54. The number of hydrogen-bond donors (Lipinski definition) is 1. The largest absolute Gasteiger partial charge is 0.493 e. The lowest BCUT2D eigenvalue weighted by molar-refractivity contribution is -0.534. The maximum atomic E-state index is 14.1. The lowest BCUT2D eigenvalue weighted by atomic mass is 9.79. The van der Waals surface area contributed by atoms with Crippen LogP contribution >= 0.6 is 15.9 Å². The minimum Gasteiger partial charge on any atom is -0.493 e. The fraction of sp³-hybridized carbons (Fsp3) is 0.269. The zero-order valence-electron chi connectivity index (χ0n) is 19.5. The molecule has 1 fully saturated rings. The third-order valence-corrected chi connectivity index (χ3v) is 7.64. The van der Waals surface area contributed by atoms with Gasteiger partial charge in [0.25, 0.3) is 11.9 Å².